The minimum atomic E-state index is -3.91. The lowest BCUT2D eigenvalue weighted by molar-refractivity contribution is -0.120. The van der Waals surface area contributed by atoms with E-state index in [1.54, 1.807) is 60.8 Å². The van der Waals surface area contributed by atoms with Gasteiger partial charge in [0.1, 0.15) is 5.69 Å². The number of sulfonamides is 1. The molecule has 1 saturated carbocycles. The molecular formula is C24H21N5O4S. The van der Waals surface area contributed by atoms with Crippen LogP contribution in [0.4, 0.5) is 11.4 Å². The Bertz CT molecular complexity index is 1460. The fourth-order valence-corrected chi connectivity index (χ4v) is 4.40. The van der Waals surface area contributed by atoms with E-state index >= 15 is 0 Å². The first-order valence-electron chi connectivity index (χ1n) is 10.6. The second-order valence-electron chi connectivity index (χ2n) is 8.37. The maximum absolute atomic E-state index is 13.0. The maximum Gasteiger partial charge on any atom is 0.276 e. The molecule has 0 saturated heterocycles. The number of nitrogens with zero attached hydrogens (tertiary/aromatic N) is 3. The molecule has 172 valence electrons. The van der Waals surface area contributed by atoms with E-state index in [0.29, 0.717) is 22.6 Å². The molecule has 1 amide bonds. The third kappa shape index (κ3) is 4.53. The molecule has 0 spiro atoms. The summed E-state index contributed by atoms with van der Waals surface area (Å²) in [5.41, 5.74) is 1.53. The predicted molar refractivity (Wildman–Crippen MR) is 126 cm³/mol. The molecule has 2 heterocycles. The molecule has 4 aromatic rings. The van der Waals surface area contributed by atoms with Crippen LogP contribution in [0.15, 0.2) is 82.3 Å². The van der Waals surface area contributed by atoms with Crippen molar-refractivity contribution in [3.05, 3.63) is 72.9 Å². The van der Waals surface area contributed by atoms with Crippen molar-refractivity contribution in [1.82, 2.24) is 15.1 Å². The number of rotatable bonds is 7. The number of pyridine rings is 1. The normalized spacial score (nSPS) is 14.4. The summed E-state index contributed by atoms with van der Waals surface area (Å²) in [4.78, 5) is 20.8. The number of aromatic nitrogens is 3. The van der Waals surface area contributed by atoms with Gasteiger partial charge in [-0.05, 0) is 55.3 Å². The van der Waals surface area contributed by atoms with E-state index in [2.05, 4.69) is 25.2 Å². The van der Waals surface area contributed by atoms with Crippen molar-refractivity contribution in [2.24, 2.45) is 5.41 Å². The van der Waals surface area contributed by atoms with Gasteiger partial charge in [0.25, 0.3) is 15.9 Å². The van der Waals surface area contributed by atoms with Crippen LogP contribution in [0.2, 0.25) is 0 Å². The Morgan fingerprint density at radius 3 is 2.56 bits per heavy atom. The number of anilines is 2. The summed E-state index contributed by atoms with van der Waals surface area (Å²) in [5.74, 6) is 0.419. The van der Waals surface area contributed by atoms with Crippen LogP contribution in [0.5, 0.6) is 0 Å². The van der Waals surface area contributed by atoms with Crippen molar-refractivity contribution in [3.63, 3.8) is 0 Å². The third-order valence-electron chi connectivity index (χ3n) is 5.63. The van der Waals surface area contributed by atoms with Gasteiger partial charge in [0.2, 0.25) is 11.7 Å². The Morgan fingerprint density at radius 2 is 1.79 bits per heavy atom. The van der Waals surface area contributed by atoms with Gasteiger partial charge in [-0.25, -0.2) is 8.42 Å². The van der Waals surface area contributed by atoms with Gasteiger partial charge in [-0.3, -0.25) is 14.5 Å². The van der Waals surface area contributed by atoms with Gasteiger partial charge in [-0.15, -0.1) is 0 Å². The number of hydrogen-bond acceptors (Lipinski definition) is 7. The minimum Gasteiger partial charge on any atom is -0.332 e. The second kappa shape index (κ2) is 8.38. The molecule has 0 bridgehead atoms. The lowest BCUT2D eigenvalue weighted by Crippen LogP contribution is -2.21. The molecule has 34 heavy (non-hydrogen) atoms. The molecule has 0 aliphatic heterocycles. The Hall–Kier alpha value is -4.05. The molecule has 1 fully saturated rings. The van der Waals surface area contributed by atoms with Crippen LogP contribution in [-0.4, -0.2) is 29.4 Å². The number of carbonyl (C=O) groups is 1. The molecule has 9 nitrogen and oxygen atoms in total. The summed E-state index contributed by atoms with van der Waals surface area (Å²) in [5, 5.41) is 6.80. The summed E-state index contributed by atoms with van der Waals surface area (Å²) >= 11 is 0. The zero-order chi connectivity index (χ0) is 23.8. The SMILES string of the molecule is CC1(C(=O)Nc2cccc(NS(=O)(=O)c3cccc(-c4noc(-c5ccccn5)n4)c3)c2)CC1. The van der Waals surface area contributed by atoms with Crippen molar-refractivity contribution in [1.29, 1.82) is 0 Å². The largest absolute Gasteiger partial charge is 0.332 e. The Morgan fingerprint density at radius 1 is 1.00 bits per heavy atom. The van der Waals surface area contributed by atoms with Crippen molar-refractivity contribution >= 4 is 27.3 Å². The number of amides is 1. The summed E-state index contributed by atoms with van der Waals surface area (Å²) in [7, 11) is -3.91. The number of nitrogens with one attached hydrogen (secondary N) is 2. The average Bonchev–Trinajstić information content (AvgIpc) is 3.40. The smallest absolute Gasteiger partial charge is 0.276 e. The highest BCUT2D eigenvalue weighted by Gasteiger charge is 2.44. The molecule has 2 aromatic heterocycles. The quantitative estimate of drug-likeness (QED) is 0.407. The van der Waals surface area contributed by atoms with E-state index in [1.807, 2.05) is 6.92 Å². The molecule has 0 atom stereocenters. The molecular weight excluding hydrogens is 454 g/mol. The van der Waals surface area contributed by atoms with Crippen molar-refractivity contribution < 1.29 is 17.7 Å². The van der Waals surface area contributed by atoms with Crippen molar-refractivity contribution in [2.45, 2.75) is 24.7 Å². The fraction of sp³-hybridized carbons (Fsp3) is 0.167. The molecule has 2 aromatic carbocycles. The van der Waals surface area contributed by atoms with Crippen LogP contribution in [0.25, 0.3) is 23.0 Å². The van der Waals surface area contributed by atoms with Gasteiger partial charge in [-0.1, -0.05) is 36.3 Å². The van der Waals surface area contributed by atoms with E-state index < -0.39 is 10.0 Å². The lowest BCUT2D eigenvalue weighted by atomic mass is 10.1. The molecule has 1 aliphatic rings. The highest BCUT2D eigenvalue weighted by atomic mass is 32.2. The molecule has 10 heteroatoms. The van der Waals surface area contributed by atoms with E-state index in [9.17, 15) is 13.2 Å². The van der Waals surface area contributed by atoms with Crippen LogP contribution in [0.3, 0.4) is 0 Å². The van der Waals surface area contributed by atoms with Gasteiger partial charge < -0.3 is 9.84 Å². The number of carbonyl (C=O) groups excluding carboxylic acids is 1. The summed E-state index contributed by atoms with van der Waals surface area (Å²) in [6.45, 7) is 1.91. The highest BCUT2D eigenvalue weighted by Crippen LogP contribution is 2.45. The third-order valence-corrected chi connectivity index (χ3v) is 7.01. The van der Waals surface area contributed by atoms with Gasteiger partial charge in [0, 0.05) is 22.9 Å². The second-order valence-corrected chi connectivity index (χ2v) is 10.0. The van der Waals surface area contributed by atoms with Crippen LogP contribution in [0, 0.1) is 5.41 Å². The average molecular weight is 476 g/mol. The Labute approximate surface area is 196 Å². The van der Waals surface area contributed by atoms with Crippen molar-refractivity contribution in [3.8, 4) is 23.0 Å². The number of hydrogen-bond donors (Lipinski definition) is 2. The zero-order valence-electron chi connectivity index (χ0n) is 18.2. The van der Waals surface area contributed by atoms with E-state index in [0.717, 1.165) is 12.8 Å². The van der Waals surface area contributed by atoms with Crippen molar-refractivity contribution in [2.75, 3.05) is 10.0 Å². The van der Waals surface area contributed by atoms with E-state index in [1.165, 1.54) is 12.1 Å². The van der Waals surface area contributed by atoms with E-state index in [4.69, 9.17) is 4.52 Å². The highest BCUT2D eigenvalue weighted by molar-refractivity contribution is 7.92. The monoisotopic (exact) mass is 475 g/mol. The van der Waals surface area contributed by atoms with Gasteiger partial charge >= 0.3 is 0 Å². The Kier molecular flexibility index (Phi) is 5.37. The zero-order valence-corrected chi connectivity index (χ0v) is 19.0. The van der Waals surface area contributed by atoms with Gasteiger partial charge in [0.05, 0.1) is 10.6 Å². The standard InChI is InChI=1S/C24H21N5O4S/c1-24(11-12-24)23(30)26-17-7-5-8-18(15-17)29-34(31,32)19-9-4-6-16(14-19)21-27-22(33-28-21)20-10-2-3-13-25-20/h2-10,13-15,29H,11-12H2,1H3,(H,26,30). The lowest BCUT2D eigenvalue weighted by Gasteiger charge is -2.12. The first-order valence-corrected chi connectivity index (χ1v) is 12.1. The van der Waals surface area contributed by atoms with E-state index in [-0.39, 0.29) is 27.9 Å². The summed E-state index contributed by atoms with van der Waals surface area (Å²) in [6.07, 6.45) is 3.32. The Balaban J connectivity index is 1.35. The molecule has 0 unspecified atom stereocenters. The molecule has 0 radical (unpaired) electrons. The van der Waals surface area contributed by atoms with Crippen LogP contribution in [-0.2, 0) is 14.8 Å². The summed E-state index contributed by atoms with van der Waals surface area (Å²) < 4.78 is 33.9. The molecule has 5 rings (SSSR count). The summed E-state index contributed by atoms with van der Waals surface area (Å²) in [6, 6.07) is 18.2. The number of benzene rings is 2. The first-order chi connectivity index (χ1) is 16.3. The van der Waals surface area contributed by atoms with Crippen LogP contribution >= 0.6 is 0 Å². The first kappa shape index (κ1) is 21.8. The van der Waals surface area contributed by atoms with Crippen LogP contribution < -0.4 is 10.0 Å². The topological polar surface area (TPSA) is 127 Å². The molecule has 1 aliphatic carbocycles. The predicted octanol–water partition coefficient (Wildman–Crippen LogP) is 4.34. The minimum absolute atomic E-state index is 0.0362. The molecule has 2 N–H and O–H groups in total. The van der Waals surface area contributed by atoms with Crippen LogP contribution in [0.1, 0.15) is 19.8 Å². The van der Waals surface area contributed by atoms with Gasteiger partial charge in [-0.2, -0.15) is 4.98 Å². The fourth-order valence-electron chi connectivity index (χ4n) is 3.31. The maximum atomic E-state index is 13.0. The van der Waals surface area contributed by atoms with Gasteiger partial charge in [0.15, 0.2) is 0 Å².